The van der Waals surface area contributed by atoms with E-state index < -0.39 is 0 Å². The molecule has 0 aromatic carbocycles. The highest BCUT2D eigenvalue weighted by atomic mass is 35.5. The molecular weight excluding hydrogens is 124 g/mol. The van der Waals surface area contributed by atoms with E-state index in [0.717, 1.165) is 19.1 Å². The molecule has 0 rings (SSSR count). The zero-order valence-corrected chi connectivity index (χ0v) is 5.82. The zero-order valence-electron chi connectivity index (χ0n) is 5.06. The predicted molar refractivity (Wildman–Crippen MR) is 35.2 cm³/mol. The topological polar surface area (TPSA) is 17.1 Å². The summed E-state index contributed by atoms with van der Waals surface area (Å²) in [7, 11) is 0. The Balaban J connectivity index is 2.81. The Bertz CT molecular complexity index is 61.5. The molecule has 1 nitrogen and oxygen atoms in total. The van der Waals surface area contributed by atoms with Crippen LogP contribution in [0.5, 0.6) is 0 Å². The first-order valence-electron chi connectivity index (χ1n) is 2.85. The van der Waals surface area contributed by atoms with Gasteiger partial charge in [-0.15, -0.1) is 11.6 Å². The monoisotopic (exact) mass is 134 g/mol. The fourth-order valence-corrected chi connectivity index (χ4v) is 0.637. The van der Waals surface area contributed by atoms with E-state index in [2.05, 4.69) is 0 Å². The molecule has 2 heteroatoms. The molecule has 1 unspecified atom stereocenters. The molecule has 0 aliphatic heterocycles. The van der Waals surface area contributed by atoms with Gasteiger partial charge in [-0.05, 0) is 19.8 Å². The fourth-order valence-electron chi connectivity index (χ4n) is 0.482. The maximum Gasteiger partial charge on any atom is 0.119 e. The number of hydrogen-bond donors (Lipinski definition) is 0. The Labute approximate surface area is 55.0 Å². The van der Waals surface area contributed by atoms with Gasteiger partial charge in [0.2, 0.25) is 0 Å². The number of rotatable bonds is 4. The summed E-state index contributed by atoms with van der Waals surface area (Å²) in [4.78, 5) is 9.74. The number of alkyl halides is 1. The normalized spacial score (nSPS) is 13.2. The van der Waals surface area contributed by atoms with Gasteiger partial charge >= 0.3 is 0 Å². The van der Waals surface area contributed by atoms with Gasteiger partial charge < -0.3 is 4.79 Å². The Kier molecular flexibility index (Phi) is 5.08. The van der Waals surface area contributed by atoms with Crippen molar-refractivity contribution in [1.29, 1.82) is 0 Å². The van der Waals surface area contributed by atoms with Crippen molar-refractivity contribution in [1.82, 2.24) is 0 Å². The number of hydrogen-bond acceptors (Lipinski definition) is 1. The highest BCUT2D eigenvalue weighted by Crippen LogP contribution is 2.04. The van der Waals surface area contributed by atoms with E-state index in [1.165, 1.54) is 0 Å². The smallest absolute Gasteiger partial charge is 0.119 e. The second kappa shape index (κ2) is 5.10. The van der Waals surface area contributed by atoms with Gasteiger partial charge in [0.1, 0.15) is 6.29 Å². The van der Waals surface area contributed by atoms with Crippen LogP contribution in [0.1, 0.15) is 26.2 Å². The Morgan fingerprint density at radius 3 is 2.75 bits per heavy atom. The summed E-state index contributed by atoms with van der Waals surface area (Å²) in [6.45, 7) is 1.94. The lowest BCUT2D eigenvalue weighted by Crippen LogP contribution is -1.89. The molecule has 48 valence electrons. The van der Waals surface area contributed by atoms with Crippen LogP contribution >= 0.6 is 11.6 Å². The van der Waals surface area contributed by atoms with Gasteiger partial charge in [-0.1, -0.05) is 0 Å². The number of unbranched alkanes of at least 4 members (excludes halogenated alkanes) is 1. The zero-order chi connectivity index (χ0) is 6.41. The van der Waals surface area contributed by atoms with Gasteiger partial charge in [-0.2, -0.15) is 0 Å². The Morgan fingerprint density at radius 2 is 2.38 bits per heavy atom. The molecule has 0 aromatic rings. The molecule has 0 saturated carbocycles. The minimum absolute atomic E-state index is 0.218. The molecule has 0 fully saturated rings. The van der Waals surface area contributed by atoms with Crippen molar-refractivity contribution in [2.45, 2.75) is 31.6 Å². The summed E-state index contributed by atoms with van der Waals surface area (Å²) < 4.78 is 0. The molecule has 0 bridgehead atoms. The summed E-state index contributed by atoms with van der Waals surface area (Å²) in [6, 6.07) is 0. The SMILES string of the molecule is CC(Cl)CCCC=O. The first kappa shape index (κ1) is 7.96. The lowest BCUT2D eigenvalue weighted by molar-refractivity contribution is -0.107. The molecular formula is C6H11ClO. The lowest BCUT2D eigenvalue weighted by atomic mass is 10.2. The van der Waals surface area contributed by atoms with E-state index in [1.54, 1.807) is 0 Å². The predicted octanol–water partition coefficient (Wildman–Crippen LogP) is 1.98. The molecule has 0 N–H and O–H groups in total. The van der Waals surface area contributed by atoms with Crippen LogP contribution in [0.15, 0.2) is 0 Å². The van der Waals surface area contributed by atoms with Crippen molar-refractivity contribution in [3.63, 3.8) is 0 Å². The van der Waals surface area contributed by atoms with Crippen LogP contribution in [-0.2, 0) is 4.79 Å². The van der Waals surface area contributed by atoms with Crippen molar-refractivity contribution in [2.24, 2.45) is 0 Å². The van der Waals surface area contributed by atoms with Crippen molar-refractivity contribution in [2.75, 3.05) is 0 Å². The first-order chi connectivity index (χ1) is 3.77. The highest BCUT2D eigenvalue weighted by Gasteiger charge is 1.93. The summed E-state index contributed by atoms with van der Waals surface area (Å²) in [5.74, 6) is 0. The maximum absolute atomic E-state index is 9.74. The molecule has 0 saturated heterocycles. The second-order valence-electron chi connectivity index (χ2n) is 1.88. The summed E-state index contributed by atoms with van der Waals surface area (Å²) in [5.41, 5.74) is 0. The standard InChI is InChI=1S/C6H11ClO/c1-6(7)4-2-3-5-8/h5-6H,2-4H2,1H3. The molecule has 0 heterocycles. The summed E-state index contributed by atoms with van der Waals surface area (Å²) >= 11 is 5.60. The lowest BCUT2D eigenvalue weighted by Gasteiger charge is -1.96. The number of carbonyl (C=O) groups excluding carboxylic acids is 1. The van der Waals surface area contributed by atoms with Gasteiger partial charge in [0.05, 0.1) is 0 Å². The van der Waals surface area contributed by atoms with E-state index in [1.807, 2.05) is 6.92 Å². The van der Waals surface area contributed by atoms with Crippen molar-refractivity contribution < 1.29 is 4.79 Å². The molecule has 0 radical (unpaired) electrons. The molecule has 0 aromatic heterocycles. The largest absolute Gasteiger partial charge is 0.303 e. The van der Waals surface area contributed by atoms with Gasteiger partial charge in [0.25, 0.3) is 0 Å². The molecule has 1 atom stereocenters. The minimum atomic E-state index is 0.218. The third kappa shape index (κ3) is 5.96. The molecule has 0 aliphatic carbocycles. The van der Waals surface area contributed by atoms with Gasteiger partial charge in [-0.25, -0.2) is 0 Å². The average molecular weight is 135 g/mol. The van der Waals surface area contributed by atoms with E-state index in [4.69, 9.17) is 11.6 Å². The van der Waals surface area contributed by atoms with Crippen LogP contribution in [0.25, 0.3) is 0 Å². The minimum Gasteiger partial charge on any atom is -0.303 e. The number of carbonyl (C=O) groups is 1. The van der Waals surface area contributed by atoms with Crippen LogP contribution in [0.4, 0.5) is 0 Å². The fraction of sp³-hybridized carbons (Fsp3) is 0.833. The highest BCUT2D eigenvalue weighted by molar-refractivity contribution is 6.20. The number of aldehydes is 1. The molecule has 8 heavy (non-hydrogen) atoms. The van der Waals surface area contributed by atoms with Gasteiger partial charge in [0, 0.05) is 11.8 Å². The van der Waals surface area contributed by atoms with Crippen molar-refractivity contribution in [3.8, 4) is 0 Å². The van der Waals surface area contributed by atoms with Crippen LogP contribution in [0.2, 0.25) is 0 Å². The molecule has 0 aliphatic rings. The van der Waals surface area contributed by atoms with Crippen LogP contribution in [0, 0.1) is 0 Å². The Morgan fingerprint density at radius 1 is 1.75 bits per heavy atom. The van der Waals surface area contributed by atoms with Crippen LogP contribution in [-0.4, -0.2) is 11.7 Å². The van der Waals surface area contributed by atoms with E-state index in [9.17, 15) is 4.79 Å². The third-order valence-corrected chi connectivity index (χ3v) is 1.14. The van der Waals surface area contributed by atoms with Gasteiger partial charge in [0.15, 0.2) is 0 Å². The first-order valence-corrected chi connectivity index (χ1v) is 3.28. The summed E-state index contributed by atoms with van der Waals surface area (Å²) in [6.07, 6.45) is 3.45. The Hall–Kier alpha value is -0.0400. The summed E-state index contributed by atoms with van der Waals surface area (Å²) in [5, 5.41) is 0.218. The number of halogens is 1. The van der Waals surface area contributed by atoms with E-state index >= 15 is 0 Å². The van der Waals surface area contributed by atoms with Crippen LogP contribution < -0.4 is 0 Å². The average Bonchev–Trinajstić information content (AvgIpc) is 1.66. The van der Waals surface area contributed by atoms with Crippen molar-refractivity contribution in [3.05, 3.63) is 0 Å². The molecule has 0 spiro atoms. The van der Waals surface area contributed by atoms with E-state index in [-0.39, 0.29) is 5.38 Å². The van der Waals surface area contributed by atoms with Crippen molar-refractivity contribution >= 4 is 17.9 Å². The van der Waals surface area contributed by atoms with Gasteiger partial charge in [-0.3, -0.25) is 0 Å². The van der Waals surface area contributed by atoms with Crippen LogP contribution in [0.3, 0.4) is 0 Å². The second-order valence-corrected chi connectivity index (χ2v) is 2.62. The van der Waals surface area contributed by atoms with E-state index in [0.29, 0.717) is 6.42 Å². The third-order valence-electron chi connectivity index (χ3n) is 0.924. The maximum atomic E-state index is 9.74. The quantitative estimate of drug-likeness (QED) is 0.327. The molecule has 0 amide bonds.